The van der Waals surface area contributed by atoms with Crippen LogP contribution in [0, 0.1) is 11.6 Å². The predicted molar refractivity (Wildman–Crippen MR) is 76.8 cm³/mol. The molecule has 0 aliphatic heterocycles. The molecule has 0 atom stereocenters. The van der Waals surface area contributed by atoms with Gasteiger partial charge in [-0.15, -0.1) is 0 Å². The minimum absolute atomic E-state index is 0.159. The highest BCUT2D eigenvalue weighted by Gasteiger charge is 2.25. The van der Waals surface area contributed by atoms with Crippen molar-refractivity contribution in [2.24, 2.45) is 0 Å². The fourth-order valence-electron chi connectivity index (χ4n) is 1.53. The Morgan fingerprint density at radius 2 is 1.64 bits per heavy atom. The van der Waals surface area contributed by atoms with E-state index in [-0.39, 0.29) is 11.8 Å². The van der Waals surface area contributed by atoms with E-state index in [2.05, 4.69) is 5.32 Å². The molecule has 0 unspecified atom stereocenters. The SMILES string of the molecule is CC(C)OC(=O)Nc1cc(F)c(C(=O)OC(C)(C)C)c(F)c1. The molecule has 1 aromatic carbocycles. The van der Waals surface area contributed by atoms with Crippen molar-refractivity contribution in [1.82, 2.24) is 0 Å². The van der Waals surface area contributed by atoms with Crippen LogP contribution in [0.2, 0.25) is 0 Å². The average Bonchev–Trinajstić information content (AvgIpc) is 2.22. The third kappa shape index (κ3) is 5.31. The summed E-state index contributed by atoms with van der Waals surface area (Å²) < 4.78 is 37.6. The van der Waals surface area contributed by atoms with Crippen molar-refractivity contribution in [3.05, 3.63) is 29.3 Å². The largest absolute Gasteiger partial charge is 0.456 e. The summed E-state index contributed by atoms with van der Waals surface area (Å²) in [6.07, 6.45) is -1.23. The quantitative estimate of drug-likeness (QED) is 0.860. The fourth-order valence-corrected chi connectivity index (χ4v) is 1.53. The Morgan fingerprint density at radius 3 is 2.05 bits per heavy atom. The monoisotopic (exact) mass is 315 g/mol. The van der Waals surface area contributed by atoms with Crippen LogP contribution in [0.5, 0.6) is 0 Å². The lowest BCUT2D eigenvalue weighted by atomic mass is 10.1. The Kier molecular flexibility index (Phi) is 5.46. The number of nitrogens with one attached hydrogen (secondary N) is 1. The third-order valence-electron chi connectivity index (χ3n) is 2.23. The van der Waals surface area contributed by atoms with Gasteiger partial charge in [-0.05, 0) is 46.8 Å². The molecule has 122 valence electrons. The highest BCUT2D eigenvalue weighted by Crippen LogP contribution is 2.22. The number of esters is 1. The highest BCUT2D eigenvalue weighted by atomic mass is 19.1. The summed E-state index contributed by atoms with van der Waals surface area (Å²) in [6.45, 7) is 8.01. The molecular formula is C15H19F2NO4. The molecule has 0 heterocycles. The summed E-state index contributed by atoms with van der Waals surface area (Å²) in [5.74, 6) is -3.37. The van der Waals surface area contributed by atoms with E-state index in [4.69, 9.17) is 9.47 Å². The van der Waals surface area contributed by atoms with Gasteiger partial charge in [0.2, 0.25) is 0 Å². The van der Waals surface area contributed by atoms with E-state index in [0.717, 1.165) is 12.1 Å². The van der Waals surface area contributed by atoms with Crippen LogP contribution in [0.3, 0.4) is 0 Å². The Labute approximate surface area is 127 Å². The van der Waals surface area contributed by atoms with Crippen molar-refractivity contribution in [3.8, 4) is 0 Å². The van der Waals surface area contributed by atoms with E-state index < -0.39 is 34.9 Å². The number of ether oxygens (including phenoxy) is 2. The number of hydrogen-bond acceptors (Lipinski definition) is 4. The molecule has 0 saturated heterocycles. The number of carbonyl (C=O) groups excluding carboxylic acids is 2. The summed E-state index contributed by atoms with van der Waals surface area (Å²) in [6, 6.07) is 1.65. The molecule has 0 bridgehead atoms. The standard InChI is InChI=1S/C15H19F2NO4/c1-8(2)21-14(20)18-9-6-10(16)12(11(17)7-9)13(19)22-15(3,4)5/h6-8H,1-5H3,(H,18,20). The number of rotatable bonds is 3. The second-order valence-corrected chi connectivity index (χ2v) is 5.90. The molecule has 5 nitrogen and oxygen atoms in total. The van der Waals surface area contributed by atoms with Gasteiger partial charge in [0.05, 0.1) is 6.10 Å². The Hall–Kier alpha value is -2.18. The van der Waals surface area contributed by atoms with E-state index in [1.165, 1.54) is 0 Å². The molecule has 0 saturated carbocycles. The molecule has 1 N–H and O–H groups in total. The lowest BCUT2D eigenvalue weighted by Crippen LogP contribution is -2.25. The van der Waals surface area contributed by atoms with Crippen molar-refractivity contribution in [2.75, 3.05) is 5.32 Å². The van der Waals surface area contributed by atoms with Crippen molar-refractivity contribution < 1.29 is 27.8 Å². The van der Waals surface area contributed by atoms with Crippen LogP contribution in [0.4, 0.5) is 19.3 Å². The lowest BCUT2D eigenvalue weighted by Gasteiger charge is -2.20. The molecule has 22 heavy (non-hydrogen) atoms. The van der Waals surface area contributed by atoms with Crippen molar-refractivity contribution in [3.63, 3.8) is 0 Å². The number of anilines is 1. The maximum Gasteiger partial charge on any atom is 0.411 e. The third-order valence-corrected chi connectivity index (χ3v) is 2.23. The second-order valence-electron chi connectivity index (χ2n) is 5.90. The first-order chi connectivity index (χ1) is 9.99. The summed E-state index contributed by atoms with van der Waals surface area (Å²) >= 11 is 0. The van der Waals surface area contributed by atoms with Gasteiger partial charge in [-0.25, -0.2) is 18.4 Å². The molecular weight excluding hydrogens is 296 g/mol. The maximum absolute atomic E-state index is 13.9. The zero-order valence-electron chi connectivity index (χ0n) is 13.1. The Morgan fingerprint density at radius 1 is 1.14 bits per heavy atom. The molecule has 1 amide bonds. The Balaban J connectivity index is 2.97. The predicted octanol–water partition coefficient (Wildman–Crippen LogP) is 3.88. The highest BCUT2D eigenvalue weighted by molar-refractivity contribution is 5.92. The van der Waals surface area contributed by atoms with Crippen LogP contribution in [-0.2, 0) is 9.47 Å². The first-order valence-corrected chi connectivity index (χ1v) is 6.69. The summed E-state index contributed by atoms with van der Waals surface area (Å²) in [4.78, 5) is 23.1. The van der Waals surface area contributed by atoms with Crippen LogP contribution in [0.15, 0.2) is 12.1 Å². The number of benzene rings is 1. The topological polar surface area (TPSA) is 64.6 Å². The van der Waals surface area contributed by atoms with Crippen LogP contribution in [0.25, 0.3) is 0 Å². The zero-order valence-corrected chi connectivity index (χ0v) is 13.1. The van der Waals surface area contributed by atoms with Gasteiger partial charge in [-0.2, -0.15) is 0 Å². The number of halogens is 2. The molecule has 0 aromatic heterocycles. The number of carbonyl (C=O) groups is 2. The normalized spacial score (nSPS) is 11.3. The van der Waals surface area contributed by atoms with E-state index in [1.54, 1.807) is 34.6 Å². The van der Waals surface area contributed by atoms with Gasteiger partial charge in [-0.1, -0.05) is 0 Å². The minimum Gasteiger partial charge on any atom is -0.456 e. The van der Waals surface area contributed by atoms with E-state index >= 15 is 0 Å². The van der Waals surface area contributed by atoms with Gasteiger partial charge in [0.15, 0.2) is 0 Å². The molecule has 0 aliphatic rings. The van der Waals surface area contributed by atoms with E-state index in [1.807, 2.05) is 0 Å². The van der Waals surface area contributed by atoms with Gasteiger partial charge in [0, 0.05) is 5.69 Å². The zero-order chi connectivity index (χ0) is 17.1. The number of hydrogen-bond donors (Lipinski definition) is 1. The van der Waals surface area contributed by atoms with Gasteiger partial charge in [0.25, 0.3) is 0 Å². The summed E-state index contributed by atoms with van der Waals surface area (Å²) in [7, 11) is 0. The van der Waals surface area contributed by atoms with Crippen LogP contribution in [-0.4, -0.2) is 23.8 Å². The second kappa shape index (κ2) is 6.72. The minimum atomic E-state index is -1.13. The summed E-state index contributed by atoms with van der Waals surface area (Å²) in [5.41, 5.74) is -1.85. The molecule has 0 aliphatic carbocycles. The maximum atomic E-state index is 13.9. The van der Waals surface area contributed by atoms with Gasteiger partial charge in [-0.3, -0.25) is 5.32 Å². The van der Waals surface area contributed by atoms with Crippen molar-refractivity contribution in [2.45, 2.75) is 46.3 Å². The van der Waals surface area contributed by atoms with Gasteiger partial charge >= 0.3 is 12.1 Å². The van der Waals surface area contributed by atoms with Gasteiger partial charge < -0.3 is 9.47 Å². The molecule has 7 heteroatoms. The molecule has 0 spiro atoms. The van der Waals surface area contributed by atoms with Gasteiger partial charge in [0.1, 0.15) is 22.8 Å². The number of amides is 1. The molecule has 0 radical (unpaired) electrons. The van der Waals surface area contributed by atoms with Crippen LogP contribution >= 0.6 is 0 Å². The van der Waals surface area contributed by atoms with Crippen LogP contribution in [0.1, 0.15) is 45.0 Å². The van der Waals surface area contributed by atoms with Crippen LogP contribution < -0.4 is 5.32 Å². The van der Waals surface area contributed by atoms with Crippen molar-refractivity contribution >= 4 is 17.7 Å². The smallest absolute Gasteiger partial charge is 0.411 e. The average molecular weight is 315 g/mol. The molecule has 0 fully saturated rings. The first kappa shape index (κ1) is 17.9. The van der Waals surface area contributed by atoms with E-state index in [0.29, 0.717) is 0 Å². The lowest BCUT2D eigenvalue weighted by molar-refractivity contribution is 0.00596. The fraction of sp³-hybridized carbons (Fsp3) is 0.467. The van der Waals surface area contributed by atoms with E-state index in [9.17, 15) is 18.4 Å². The van der Waals surface area contributed by atoms with Crippen molar-refractivity contribution in [1.29, 1.82) is 0 Å². The first-order valence-electron chi connectivity index (χ1n) is 6.69. The molecule has 1 rings (SSSR count). The molecule has 1 aromatic rings. The summed E-state index contributed by atoms with van der Waals surface area (Å²) in [5, 5.41) is 2.18. The Bertz CT molecular complexity index is 556.